The van der Waals surface area contributed by atoms with E-state index >= 15 is 0 Å². The molecule has 0 heterocycles. The van der Waals surface area contributed by atoms with Crippen LogP contribution in [0.15, 0.2) is 84.9 Å². The monoisotopic (exact) mass is 645 g/mol. The van der Waals surface area contributed by atoms with E-state index in [4.69, 9.17) is 14.2 Å². The zero-order valence-corrected chi connectivity index (χ0v) is 27.1. The van der Waals surface area contributed by atoms with E-state index in [0.29, 0.717) is 19.4 Å². The van der Waals surface area contributed by atoms with Gasteiger partial charge in [-0.05, 0) is 63.3 Å². The van der Waals surface area contributed by atoms with Crippen LogP contribution in [0.25, 0.3) is 0 Å². The second-order valence-corrected chi connectivity index (χ2v) is 11.8. The van der Waals surface area contributed by atoms with Crippen molar-refractivity contribution in [3.63, 3.8) is 0 Å². The van der Waals surface area contributed by atoms with Crippen molar-refractivity contribution in [1.82, 2.24) is 16.0 Å². The largest absolute Gasteiger partial charge is 0.461 e. The predicted molar refractivity (Wildman–Crippen MR) is 176 cm³/mol. The minimum atomic E-state index is -0.937. The number of nitrogens with one attached hydrogen (secondary N) is 3. The third-order valence-electron chi connectivity index (χ3n) is 6.68. The molecule has 11 heteroatoms. The zero-order chi connectivity index (χ0) is 34.1. The highest BCUT2D eigenvalue weighted by Crippen LogP contribution is 2.14. The fraction of sp³-hybridized carbons (Fsp3) is 0.361. The molecule has 0 radical (unpaired) electrons. The Bertz CT molecular complexity index is 1470. The summed E-state index contributed by atoms with van der Waals surface area (Å²) in [6.45, 7) is 5.83. The molecule has 0 bridgehead atoms. The van der Waals surface area contributed by atoms with E-state index in [-0.39, 0.29) is 43.7 Å². The van der Waals surface area contributed by atoms with Gasteiger partial charge >= 0.3 is 18.2 Å². The average Bonchev–Trinajstić information content (AvgIpc) is 3.05. The Hall–Kier alpha value is -5.19. The number of alkyl carbamates (subject to hydrolysis) is 2. The number of carbonyl (C=O) groups excluding carboxylic acids is 5. The van der Waals surface area contributed by atoms with Crippen LogP contribution in [0.2, 0.25) is 0 Å². The van der Waals surface area contributed by atoms with E-state index in [9.17, 15) is 24.0 Å². The summed E-state index contributed by atoms with van der Waals surface area (Å²) in [6, 6.07) is 23.8. The average molecular weight is 646 g/mol. The first kappa shape index (κ1) is 36.3. The quantitative estimate of drug-likeness (QED) is 0.0775. The molecule has 3 aromatic carbocycles. The lowest BCUT2D eigenvalue weighted by Gasteiger charge is -2.23. The summed E-state index contributed by atoms with van der Waals surface area (Å²) in [5.74, 6) is -1.31. The van der Waals surface area contributed by atoms with Gasteiger partial charge in [-0.15, -0.1) is 0 Å². The molecule has 3 N–H and O–H groups in total. The van der Waals surface area contributed by atoms with Crippen molar-refractivity contribution in [2.75, 3.05) is 13.1 Å². The van der Waals surface area contributed by atoms with Crippen LogP contribution in [0.3, 0.4) is 0 Å². The molecule has 0 saturated carbocycles. The molecule has 11 nitrogen and oxygen atoms in total. The molecule has 0 aliphatic heterocycles. The van der Waals surface area contributed by atoms with Gasteiger partial charge in [-0.3, -0.25) is 14.4 Å². The van der Waals surface area contributed by atoms with Gasteiger partial charge in [0.15, 0.2) is 5.78 Å². The molecule has 47 heavy (non-hydrogen) atoms. The molecule has 0 saturated heterocycles. The summed E-state index contributed by atoms with van der Waals surface area (Å²) in [4.78, 5) is 63.1. The number of ketones is 1. The van der Waals surface area contributed by atoms with Gasteiger partial charge in [-0.2, -0.15) is 0 Å². The molecule has 0 spiro atoms. The van der Waals surface area contributed by atoms with Gasteiger partial charge in [0.05, 0.1) is 12.5 Å². The molecule has 3 amide bonds. The van der Waals surface area contributed by atoms with Crippen molar-refractivity contribution >= 4 is 29.8 Å². The highest BCUT2D eigenvalue weighted by Gasteiger charge is 2.25. The first-order valence-electron chi connectivity index (χ1n) is 15.6. The Labute approximate surface area is 275 Å². The molecule has 3 rings (SSSR count). The van der Waals surface area contributed by atoms with Gasteiger partial charge in [0.2, 0.25) is 0 Å². The van der Waals surface area contributed by atoms with Gasteiger partial charge in [0.25, 0.3) is 5.91 Å². The summed E-state index contributed by atoms with van der Waals surface area (Å²) in [6.07, 6.45) is -0.0275. The number of esters is 1. The number of unbranched alkanes of at least 4 members (excludes halogenated alkanes) is 1. The van der Waals surface area contributed by atoms with Crippen molar-refractivity contribution in [2.24, 2.45) is 0 Å². The maximum atomic E-state index is 13.6. The fourth-order valence-electron chi connectivity index (χ4n) is 4.36. The highest BCUT2D eigenvalue weighted by molar-refractivity contribution is 6.04. The third-order valence-corrected chi connectivity index (χ3v) is 6.68. The normalized spacial score (nSPS) is 11.5. The Kier molecular flexibility index (Phi) is 14.4. The van der Waals surface area contributed by atoms with Crippen LogP contribution in [0.5, 0.6) is 0 Å². The Morgan fingerprint density at radius 3 is 1.94 bits per heavy atom. The number of Topliss-reactive ketones (excluding diaryl/α,β-unsaturated/α-hetero) is 1. The number of rotatable bonds is 16. The van der Waals surface area contributed by atoms with Crippen LogP contribution in [0.1, 0.15) is 78.3 Å². The van der Waals surface area contributed by atoms with Crippen molar-refractivity contribution < 1.29 is 38.2 Å². The Morgan fingerprint density at radius 1 is 0.681 bits per heavy atom. The first-order valence-corrected chi connectivity index (χ1v) is 15.6. The van der Waals surface area contributed by atoms with Crippen LogP contribution in [-0.2, 0) is 32.2 Å². The van der Waals surface area contributed by atoms with E-state index in [2.05, 4.69) is 16.0 Å². The Balaban J connectivity index is 1.51. The van der Waals surface area contributed by atoms with Crippen LogP contribution < -0.4 is 16.0 Å². The number of carbonyl (C=O) groups is 5. The maximum Gasteiger partial charge on any atom is 0.408 e. The summed E-state index contributed by atoms with van der Waals surface area (Å²) >= 11 is 0. The van der Waals surface area contributed by atoms with Crippen molar-refractivity contribution in [3.05, 3.63) is 107 Å². The standard InChI is InChI=1S/C36H43N3O8/c1-36(2,3)47-35(44)39-30(19-10-11-21-38-34(43)46-25-27-15-8-5-9-16-27)32(41)28-17-12-18-29(23-28)33(42)37-22-20-31(40)45-24-26-13-6-4-7-14-26/h4-9,12-18,23,30H,10-11,19-22,24-25H2,1-3H3,(H,37,42)(H,38,43)(H,39,44)/t30-/m0/s1. The minimum Gasteiger partial charge on any atom is -0.461 e. The number of hydrogen-bond donors (Lipinski definition) is 3. The lowest BCUT2D eigenvalue weighted by atomic mass is 9.97. The molecular formula is C36H43N3O8. The molecule has 3 aromatic rings. The molecule has 0 fully saturated rings. The second kappa shape index (κ2) is 18.7. The fourth-order valence-corrected chi connectivity index (χ4v) is 4.36. The van der Waals surface area contributed by atoms with Crippen molar-refractivity contribution in [3.8, 4) is 0 Å². The first-order chi connectivity index (χ1) is 22.5. The lowest BCUT2D eigenvalue weighted by Crippen LogP contribution is -2.43. The second-order valence-electron chi connectivity index (χ2n) is 11.8. The third kappa shape index (κ3) is 14.2. The van der Waals surface area contributed by atoms with Crippen LogP contribution in [0.4, 0.5) is 9.59 Å². The molecule has 0 aromatic heterocycles. The summed E-state index contributed by atoms with van der Waals surface area (Å²) in [5, 5.41) is 8.01. The zero-order valence-electron chi connectivity index (χ0n) is 27.1. The van der Waals surface area contributed by atoms with Gasteiger partial charge < -0.3 is 30.2 Å². The van der Waals surface area contributed by atoms with Crippen molar-refractivity contribution in [1.29, 1.82) is 0 Å². The Morgan fingerprint density at radius 2 is 1.30 bits per heavy atom. The van der Waals surface area contributed by atoms with Gasteiger partial charge in [-0.25, -0.2) is 9.59 Å². The predicted octanol–water partition coefficient (Wildman–Crippen LogP) is 5.72. The number of ether oxygens (including phenoxy) is 3. The van der Waals surface area contributed by atoms with Crippen molar-refractivity contribution in [2.45, 2.75) is 71.3 Å². The lowest BCUT2D eigenvalue weighted by molar-refractivity contribution is -0.144. The maximum absolute atomic E-state index is 13.6. The van der Waals surface area contributed by atoms with E-state index in [1.165, 1.54) is 6.07 Å². The highest BCUT2D eigenvalue weighted by atomic mass is 16.6. The molecule has 0 aliphatic rings. The molecule has 0 unspecified atom stereocenters. The van der Waals surface area contributed by atoms with E-state index < -0.39 is 41.5 Å². The topological polar surface area (TPSA) is 149 Å². The summed E-state index contributed by atoms with van der Waals surface area (Å²) < 4.78 is 15.8. The van der Waals surface area contributed by atoms with E-state index in [1.807, 2.05) is 60.7 Å². The van der Waals surface area contributed by atoms with Crippen LogP contribution in [-0.4, -0.2) is 54.6 Å². The smallest absolute Gasteiger partial charge is 0.408 e. The van der Waals surface area contributed by atoms with Gasteiger partial charge in [0.1, 0.15) is 18.8 Å². The van der Waals surface area contributed by atoms with Crippen LogP contribution in [0, 0.1) is 0 Å². The molecule has 1 atom stereocenters. The number of benzene rings is 3. The SMILES string of the molecule is CC(C)(C)OC(=O)N[C@@H](CCCCNC(=O)OCc1ccccc1)C(=O)c1cccc(C(=O)NCCC(=O)OCc2ccccc2)c1. The minimum absolute atomic E-state index is 0.0152. The number of amides is 3. The van der Waals surface area contributed by atoms with Gasteiger partial charge in [-0.1, -0.05) is 72.8 Å². The molecular weight excluding hydrogens is 602 g/mol. The molecule has 250 valence electrons. The van der Waals surface area contributed by atoms with Crippen LogP contribution >= 0.6 is 0 Å². The van der Waals surface area contributed by atoms with E-state index in [1.54, 1.807) is 39.0 Å². The summed E-state index contributed by atoms with van der Waals surface area (Å²) in [5.41, 5.74) is 1.42. The van der Waals surface area contributed by atoms with E-state index in [0.717, 1.165) is 11.1 Å². The molecule has 0 aliphatic carbocycles. The summed E-state index contributed by atoms with van der Waals surface area (Å²) in [7, 11) is 0. The van der Waals surface area contributed by atoms with Gasteiger partial charge in [0, 0.05) is 24.2 Å². The number of hydrogen-bond acceptors (Lipinski definition) is 8.